The molecule has 0 bridgehead atoms. The van der Waals surface area contributed by atoms with Gasteiger partial charge in [-0.2, -0.15) is 0 Å². The van der Waals surface area contributed by atoms with Crippen molar-refractivity contribution < 1.29 is 0 Å². The highest BCUT2D eigenvalue weighted by Crippen LogP contribution is 2.30. The Balaban J connectivity index is 2.22. The molecule has 3 nitrogen and oxygen atoms in total. The van der Waals surface area contributed by atoms with Gasteiger partial charge in [0.2, 0.25) is 0 Å². The summed E-state index contributed by atoms with van der Waals surface area (Å²) in [5.41, 5.74) is 7.84. The first-order valence-corrected chi connectivity index (χ1v) is 5.13. The zero-order chi connectivity index (χ0) is 10.1. The zero-order valence-electron chi connectivity index (χ0n) is 8.83. The van der Waals surface area contributed by atoms with Crippen molar-refractivity contribution in [3.8, 4) is 0 Å². The van der Waals surface area contributed by atoms with Crippen molar-refractivity contribution in [2.45, 2.75) is 32.2 Å². The minimum absolute atomic E-state index is 0.646. The fourth-order valence-corrected chi connectivity index (χ4v) is 1.83. The van der Waals surface area contributed by atoms with Crippen LogP contribution in [0.4, 0.5) is 11.5 Å². The molecule has 0 radical (unpaired) electrons. The van der Waals surface area contributed by atoms with Gasteiger partial charge in [-0.25, -0.2) is 4.98 Å². The van der Waals surface area contributed by atoms with Crippen LogP contribution in [0, 0.1) is 6.92 Å². The summed E-state index contributed by atoms with van der Waals surface area (Å²) < 4.78 is 0. The van der Waals surface area contributed by atoms with Gasteiger partial charge in [0.1, 0.15) is 0 Å². The van der Waals surface area contributed by atoms with Crippen molar-refractivity contribution in [2.24, 2.45) is 0 Å². The number of nitrogen functional groups attached to an aromatic ring is 1. The first kappa shape index (κ1) is 9.31. The molecule has 0 atom stereocenters. The highest BCUT2D eigenvalue weighted by atomic mass is 15.2. The molecule has 0 aliphatic heterocycles. The molecule has 76 valence electrons. The van der Waals surface area contributed by atoms with Crippen molar-refractivity contribution in [2.75, 3.05) is 17.7 Å². The smallest absolute Gasteiger partial charge is 0.151 e. The second kappa shape index (κ2) is 3.48. The van der Waals surface area contributed by atoms with Crippen molar-refractivity contribution >= 4 is 11.5 Å². The molecular weight excluding hydrogens is 174 g/mol. The molecule has 2 rings (SSSR count). The summed E-state index contributed by atoms with van der Waals surface area (Å²) in [7, 11) is 2.08. The van der Waals surface area contributed by atoms with Crippen LogP contribution in [0.2, 0.25) is 0 Å². The van der Waals surface area contributed by atoms with E-state index in [4.69, 9.17) is 5.73 Å². The molecule has 0 spiro atoms. The van der Waals surface area contributed by atoms with Crippen LogP contribution in [0.5, 0.6) is 0 Å². The SMILES string of the molecule is Cc1cnc(N(C)C2CCC2)c(N)c1. The number of hydrogen-bond donors (Lipinski definition) is 1. The van der Waals surface area contributed by atoms with Gasteiger partial charge < -0.3 is 10.6 Å². The third kappa shape index (κ3) is 1.54. The third-order valence-corrected chi connectivity index (χ3v) is 2.99. The maximum Gasteiger partial charge on any atom is 0.151 e. The Bertz CT molecular complexity index is 331. The summed E-state index contributed by atoms with van der Waals surface area (Å²) in [6, 6.07) is 2.63. The summed E-state index contributed by atoms with van der Waals surface area (Å²) in [4.78, 5) is 6.59. The highest BCUT2D eigenvalue weighted by Gasteiger charge is 2.23. The van der Waals surface area contributed by atoms with Crippen LogP contribution in [-0.4, -0.2) is 18.1 Å². The molecule has 1 aromatic heterocycles. The molecule has 14 heavy (non-hydrogen) atoms. The fourth-order valence-electron chi connectivity index (χ4n) is 1.83. The topological polar surface area (TPSA) is 42.2 Å². The molecule has 0 saturated heterocycles. The molecule has 0 aromatic carbocycles. The molecule has 1 aliphatic rings. The minimum Gasteiger partial charge on any atom is -0.396 e. The van der Waals surface area contributed by atoms with E-state index in [9.17, 15) is 0 Å². The Morgan fingerprint density at radius 1 is 1.50 bits per heavy atom. The Kier molecular flexibility index (Phi) is 2.32. The van der Waals surface area contributed by atoms with Crippen LogP contribution in [0.3, 0.4) is 0 Å². The summed E-state index contributed by atoms with van der Waals surface area (Å²) in [5, 5.41) is 0. The third-order valence-electron chi connectivity index (χ3n) is 2.99. The second-order valence-corrected chi connectivity index (χ2v) is 4.12. The lowest BCUT2D eigenvalue weighted by molar-refractivity contribution is 0.399. The number of aromatic nitrogens is 1. The van der Waals surface area contributed by atoms with Crippen molar-refractivity contribution in [1.82, 2.24) is 4.98 Å². The van der Waals surface area contributed by atoms with Gasteiger partial charge in [-0.05, 0) is 37.8 Å². The Labute approximate surface area is 84.9 Å². The molecule has 1 saturated carbocycles. The van der Waals surface area contributed by atoms with Gasteiger partial charge in [0, 0.05) is 19.3 Å². The van der Waals surface area contributed by atoms with Crippen LogP contribution >= 0.6 is 0 Å². The summed E-state index contributed by atoms with van der Waals surface area (Å²) >= 11 is 0. The lowest BCUT2D eigenvalue weighted by Gasteiger charge is -2.36. The Morgan fingerprint density at radius 2 is 2.21 bits per heavy atom. The molecule has 1 aromatic rings. The molecule has 0 unspecified atom stereocenters. The maximum atomic E-state index is 5.93. The number of rotatable bonds is 2. The summed E-state index contributed by atoms with van der Waals surface area (Å²) in [6.07, 6.45) is 5.75. The van der Waals surface area contributed by atoms with Gasteiger partial charge >= 0.3 is 0 Å². The number of hydrogen-bond acceptors (Lipinski definition) is 3. The highest BCUT2D eigenvalue weighted by molar-refractivity contribution is 5.63. The van der Waals surface area contributed by atoms with E-state index >= 15 is 0 Å². The number of pyridine rings is 1. The first-order chi connectivity index (χ1) is 6.68. The molecule has 2 N–H and O–H groups in total. The molecule has 3 heteroatoms. The van der Waals surface area contributed by atoms with Gasteiger partial charge in [-0.1, -0.05) is 0 Å². The van der Waals surface area contributed by atoms with Gasteiger partial charge in [-0.3, -0.25) is 0 Å². The average molecular weight is 191 g/mol. The van der Waals surface area contributed by atoms with Crippen LogP contribution in [0.15, 0.2) is 12.3 Å². The average Bonchev–Trinajstić information content (AvgIpc) is 2.00. The van der Waals surface area contributed by atoms with Crippen molar-refractivity contribution in [1.29, 1.82) is 0 Å². The van der Waals surface area contributed by atoms with Crippen molar-refractivity contribution in [3.05, 3.63) is 17.8 Å². The normalized spacial score (nSPS) is 16.4. The summed E-state index contributed by atoms with van der Waals surface area (Å²) in [6.45, 7) is 2.01. The number of aryl methyl sites for hydroxylation is 1. The van der Waals surface area contributed by atoms with E-state index in [1.165, 1.54) is 19.3 Å². The predicted octanol–water partition coefficient (Wildman–Crippen LogP) is 1.96. The lowest BCUT2D eigenvalue weighted by atomic mass is 9.92. The predicted molar refractivity (Wildman–Crippen MR) is 59.4 cm³/mol. The maximum absolute atomic E-state index is 5.93. The molecule has 0 amide bonds. The van der Waals surface area contributed by atoms with E-state index in [-0.39, 0.29) is 0 Å². The van der Waals surface area contributed by atoms with Gasteiger partial charge in [0.25, 0.3) is 0 Å². The standard InChI is InChI=1S/C11H17N3/c1-8-6-10(12)11(13-7-8)14(2)9-4-3-5-9/h6-7,9H,3-5,12H2,1-2H3. The molecule has 1 heterocycles. The first-order valence-electron chi connectivity index (χ1n) is 5.13. The van der Waals surface area contributed by atoms with Gasteiger partial charge in [-0.15, -0.1) is 0 Å². The largest absolute Gasteiger partial charge is 0.396 e. The van der Waals surface area contributed by atoms with Crippen LogP contribution in [0.25, 0.3) is 0 Å². The van der Waals surface area contributed by atoms with E-state index in [1.54, 1.807) is 0 Å². The van der Waals surface area contributed by atoms with Crippen molar-refractivity contribution in [3.63, 3.8) is 0 Å². The van der Waals surface area contributed by atoms with Gasteiger partial charge in [0.05, 0.1) is 5.69 Å². The van der Waals surface area contributed by atoms with E-state index in [0.717, 1.165) is 17.1 Å². The van der Waals surface area contributed by atoms with Crippen LogP contribution in [0.1, 0.15) is 24.8 Å². The summed E-state index contributed by atoms with van der Waals surface area (Å²) in [5.74, 6) is 0.931. The van der Waals surface area contributed by atoms with E-state index < -0.39 is 0 Å². The lowest BCUT2D eigenvalue weighted by Crippen LogP contribution is -2.38. The molecular formula is C11H17N3. The second-order valence-electron chi connectivity index (χ2n) is 4.12. The quantitative estimate of drug-likeness (QED) is 0.777. The number of nitrogens with two attached hydrogens (primary N) is 1. The number of nitrogens with zero attached hydrogens (tertiary/aromatic N) is 2. The monoisotopic (exact) mass is 191 g/mol. The van der Waals surface area contributed by atoms with E-state index in [1.807, 2.05) is 19.2 Å². The Hall–Kier alpha value is -1.25. The van der Waals surface area contributed by atoms with Gasteiger partial charge in [0.15, 0.2) is 5.82 Å². The molecule has 1 aliphatic carbocycles. The van der Waals surface area contributed by atoms with Crippen LogP contribution < -0.4 is 10.6 Å². The number of anilines is 2. The molecule has 1 fully saturated rings. The zero-order valence-corrected chi connectivity index (χ0v) is 8.83. The Morgan fingerprint density at radius 3 is 2.71 bits per heavy atom. The fraction of sp³-hybridized carbons (Fsp3) is 0.545. The van der Waals surface area contributed by atoms with E-state index in [0.29, 0.717) is 6.04 Å². The van der Waals surface area contributed by atoms with Crippen LogP contribution in [-0.2, 0) is 0 Å². The minimum atomic E-state index is 0.646. The van der Waals surface area contributed by atoms with E-state index in [2.05, 4.69) is 16.9 Å².